The van der Waals surface area contributed by atoms with E-state index in [1.807, 2.05) is 0 Å². The number of imide groups is 1. The number of benzene rings is 2. The van der Waals surface area contributed by atoms with Crippen LogP contribution < -0.4 is 5.32 Å². The topological polar surface area (TPSA) is 78.1 Å². The minimum Gasteiger partial charge on any atom is -0.314 e. The Balaban J connectivity index is 1.64. The fourth-order valence-corrected chi connectivity index (χ4v) is 5.71. The predicted octanol–water partition coefficient (Wildman–Crippen LogP) is 5.58. The van der Waals surface area contributed by atoms with Crippen molar-refractivity contribution in [1.82, 2.24) is 20.4 Å². The summed E-state index contributed by atoms with van der Waals surface area (Å²) < 4.78 is 56.2. The van der Waals surface area contributed by atoms with E-state index in [0.29, 0.717) is 34.8 Å². The van der Waals surface area contributed by atoms with Crippen LogP contribution in [0.25, 0.3) is 16.5 Å². The average Bonchev–Trinajstić information content (AvgIpc) is 3.41. The quantitative estimate of drug-likeness (QED) is 0.335. The molecule has 0 bridgehead atoms. The van der Waals surface area contributed by atoms with Crippen LogP contribution >= 0.6 is 23.4 Å². The average molecular weight is 539 g/mol. The molecule has 2 aromatic carbocycles. The van der Waals surface area contributed by atoms with E-state index in [1.165, 1.54) is 12.1 Å². The van der Waals surface area contributed by atoms with Gasteiger partial charge in [-0.25, -0.2) is 4.39 Å². The summed E-state index contributed by atoms with van der Waals surface area (Å²) in [5.41, 5.74) is 0.355. The van der Waals surface area contributed by atoms with Crippen LogP contribution in [0, 0.1) is 0 Å². The van der Waals surface area contributed by atoms with Crippen molar-refractivity contribution in [2.45, 2.75) is 31.2 Å². The normalized spacial score (nSPS) is 22.5. The Morgan fingerprint density at radius 2 is 2.00 bits per heavy atom. The number of carbonyl (C=O) groups is 2. The fourth-order valence-electron chi connectivity index (χ4n) is 4.55. The molecule has 2 amide bonds. The predicted molar refractivity (Wildman–Crippen MR) is 129 cm³/mol. The Bertz CT molecular complexity index is 1390. The first kappa shape index (κ1) is 24.8. The number of nitrogens with one attached hydrogen (secondary N) is 2. The van der Waals surface area contributed by atoms with Gasteiger partial charge in [0.05, 0.1) is 28.2 Å². The van der Waals surface area contributed by atoms with Gasteiger partial charge < -0.3 is 5.32 Å². The number of aromatic amines is 1. The molecule has 1 aromatic heterocycles. The minimum absolute atomic E-state index is 0.00910. The number of rotatable bonds is 4. The molecule has 0 unspecified atom stereocenters. The number of hydrogen-bond donors (Lipinski definition) is 2. The lowest BCUT2D eigenvalue weighted by atomic mass is 9.93. The SMILES string of the molecule is O=C1S/C(=C(/Cc2ccc(Cl)cc2C(F)(F)F)c2ccc3[nH]ncc3c2)C(=O)N1[C@H]1CCNC[C@@H]1F. The summed E-state index contributed by atoms with van der Waals surface area (Å²) in [6.07, 6.45) is -4.62. The summed E-state index contributed by atoms with van der Waals surface area (Å²) in [5, 5.41) is 9.60. The Kier molecular flexibility index (Phi) is 6.56. The molecule has 2 N–H and O–H groups in total. The van der Waals surface area contributed by atoms with Gasteiger partial charge in [-0.3, -0.25) is 19.6 Å². The van der Waals surface area contributed by atoms with Gasteiger partial charge in [-0.1, -0.05) is 23.7 Å². The lowest BCUT2D eigenvalue weighted by Crippen LogP contribution is -2.52. The monoisotopic (exact) mass is 538 g/mol. The maximum absolute atomic E-state index is 14.6. The van der Waals surface area contributed by atoms with E-state index in [2.05, 4.69) is 15.5 Å². The van der Waals surface area contributed by atoms with Gasteiger partial charge in [0.2, 0.25) is 0 Å². The Morgan fingerprint density at radius 1 is 1.19 bits per heavy atom. The van der Waals surface area contributed by atoms with Gasteiger partial charge in [0, 0.05) is 17.0 Å². The first-order chi connectivity index (χ1) is 17.1. The molecule has 3 heterocycles. The number of carbonyl (C=O) groups excluding carboxylic acids is 2. The molecule has 0 saturated carbocycles. The molecule has 2 fully saturated rings. The van der Waals surface area contributed by atoms with Crippen LogP contribution in [-0.2, 0) is 17.4 Å². The third-order valence-electron chi connectivity index (χ3n) is 6.31. The van der Waals surface area contributed by atoms with Crippen LogP contribution in [0.3, 0.4) is 0 Å². The van der Waals surface area contributed by atoms with Gasteiger partial charge in [-0.2, -0.15) is 18.3 Å². The minimum atomic E-state index is -4.68. The van der Waals surface area contributed by atoms with E-state index in [1.54, 1.807) is 24.4 Å². The van der Waals surface area contributed by atoms with Gasteiger partial charge in [0.15, 0.2) is 0 Å². The fraction of sp³-hybridized carbons (Fsp3) is 0.292. The molecule has 12 heteroatoms. The second-order valence-corrected chi connectivity index (χ2v) is 9.97. The highest BCUT2D eigenvalue weighted by Gasteiger charge is 2.45. The van der Waals surface area contributed by atoms with Gasteiger partial charge in [-0.15, -0.1) is 0 Å². The number of hydrogen-bond acceptors (Lipinski definition) is 5. The standard InChI is InChI=1S/C24H19ClF4N4O2S/c25-15-3-1-13(17(9-15)24(27,28)29)8-16(12-2-4-19-14(7-12)10-31-32-19)21-22(34)33(23(35)36-21)20-5-6-30-11-18(20)26/h1-4,7,9-10,18,20,30H,5-6,8,11H2,(H,31,32)/b21-16-/t18-,20-/m0/s1. The first-order valence-corrected chi connectivity index (χ1v) is 12.3. The zero-order chi connectivity index (χ0) is 25.6. The molecule has 0 radical (unpaired) electrons. The number of halogens is 5. The molecule has 6 nitrogen and oxygen atoms in total. The third kappa shape index (κ3) is 4.62. The summed E-state index contributed by atoms with van der Waals surface area (Å²) in [4.78, 5) is 27.3. The highest BCUT2D eigenvalue weighted by Crippen LogP contribution is 2.42. The van der Waals surface area contributed by atoms with Crippen molar-refractivity contribution >= 4 is 51.0 Å². The molecule has 2 aliphatic rings. The van der Waals surface area contributed by atoms with Crippen molar-refractivity contribution in [3.05, 3.63) is 69.2 Å². The van der Waals surface area contributed by atoms with Crippen molar-refractivity contribution in [3.8, 4) is 0 Å². The molecule has 0 spiro atoms. The van der Waals surface area contributed by atoms with Crippen molar-refractivity contribution in [3.63, 3.8) is 0 Å². The van der Waals surface area contributed by atoms with Crippen LogP contribution in [0.1, 0.15) is 23.1 Å². The number of piperidine rings is 1. The van der Waals surface area contributed by atoms with E-state index in [0.717, 1.165) is 11.0 Å². The molecular formula is C24H19ClF4N4O2S. The number of thioether (sulfide) groups is 1. The zero-order valence-electron chi connectivity index (χ0n) is 18.5. The third-order valence-corrected chi connectivity index (χ3v) is 7.54. The van der Waals surface area contributed by atoms with Crippen LogP contribution in [0.15, 0.2) is 47.5 Å². The van der Waals surface area contributed by atoms with E-state index in [4.69, 9.17) is 11.6 Å². The number of H-pyrrole nitrogens is 1. The Morgan fingerprint density at radius 3 is 2.75 bits per heavy atom. The molecule has 2 atom stereocenters. The number of amides is 2. The lowest BCUT2D eigenvalue weighted by Gasteiger charge is -2.32. The van der Waals surface area contributed by atoms with Crippen molar-refractivity contribution in [1.29, 1.82) is 0 Å². The summed E-state index contributed by atoms with van der Waals surface area (Å²) in [6, 6.07) is 7.54. The molecule has 188 valence electrons. The Labute approximate surface area is 212 Å². The Hall–Kier alpha value is -2.89. The highest BCUT2D eigenvalue weighted by atomic mass is 35.5. The first-order valence-electron chi connectivity index (χ1n) is 11.1. The van der Waals surface area contributed by atoms with Crippen LogP contribution in [-0.4, -0.2) is 51.5 Å². The van der Waals surface area contributed by atoms with Crippen molar-refractivity contribution in [2.24, 2.45) is 0 Å². The molecule has 2 saturated heterocycles. The second kappa shape index (κ2) is 9.53. The van der Waals surface area contributed by atoms with Crippen molar-refractivity contribution < 1.29 is 27.2 Å². The van der Waals surface area contributed by atoms with Gasteiger partial charge in [0.1, 0.15) is 6.17 Å². The van der Waals surface area contributed by atoms with E-state index < -0.39 is 35.1 Å². The van der Waals surface area contributed by atoms with Crippen LogP contribution in [0.4, 0.5) is 22.4 Å². The van der Waals surface area contributed by atoms with Crippen molar-refractivity contribution in [2.75, 3.05) is 13.1 Å². The zero-order valence-corrected chi connectivity index (χ0v) is 20.1. The number of aromatic nitrogens is 2. The van der Waals surface area contributed by atoms with E-state index >= 15 is 0 Å². The number of alkyl halides is 4. The molecular weight excluding hydrogens is 520 g/mol. The number of fused-ring (bicyclic) bond motifs is 1. The van der Waals surface area contributed by atoms with Gasteiger partial charge in [-0.05, 0) is 72.1 Å². The maximum Gasteiger partial charge on any atom is 0.416 e. The molecule has 2 aliphatic heterocycles. The van der Waals surface area contributed by atoms with Crippen LogP contribution in [0.2, 0.25) is 5.02 Å². The summed E-state index contributed by atoms with van der Waals surface area (Å²) >= 11 is 6.47. The summed E-state index contributed by atoms with van der Waals surface area (Å²) in [6.45, 7) is 0.449. The van der Waals surface area contributed by atoms with Gasteiger partial charge in [0.25, 0.3) is 11.1 Å². The maximum atomic E-state index is 14.6. The smallest absolute Gasteiger partial charge is 0.314 e. The summed E-state index contributed by atoms with van der Waals surface area (Å²) in [5.74, 6) is -0.704. The van der Waals surface area contributed by atoms with E-state index in [9.17, 15) is 27.2 Å². The van der Waals surface area contributed by atoms with E-state index in [-0.39, 0.29) is 40.5 Å². The largest absolute Gasteiger partial charge is 0.416 e. The molecule has 5 rings (SSSR count). The molecule has 3 aromatic rings. The number of allylic oxidation sites excluding steroid dienone is 1. The lowest BCUT2D eigenvalue weighted by molar-refractivity contribution is -0.138. The molecule has 36 heavy (non-hydrogen) atoms. The second-order valence-electron chi connectivity index (χ2n) is 8.57. The molecule has 0 aliphatic carbocycles. The highest BCUT2D eigenvalue weighted by molar-refractivity contribution is 8.18. The van der Waals surface area contributed by atoms with Crippen LogP contribution in [0.5, 0.6) is 0 Å². The number of nitrogens with zero attached hydrogens (tertiary/aromatic N) is 2. The summed E-state index contributed by atoms with van der Waals surface area (Å²) in [7, 11) is 0. The van der Waals surface area contributed by atoms with Gasteiger partial charge >= 0.3 is 6.18 Å².